The largest absolute Gasteiger partial charge is 0.353 e. The van der Waals surface area contributed by atoms with Gasteiger partial charge in [-0.25, -0.2) is 0 Å². The molecule has 0 unspecified atom stereocenters. The van der Waals surface area contributed by atoms with E-state index in [0.29, 0.717) is 13.0 Å². The van der Waals surface area contributed by atoms with Crippen molar-refractivity contribution in [3.8, 4) is 0 Å². The fourth-order valence-corrected chi connectivity index (χ4v) is 2.04. The number of carbonyl (C=O) groups excluding carboxylic acids is 1. The van der Waals surface area contributed by atoms with Crippen molar-refractivity contribution in [2.24, 2.45) is 0 Å². The van der Waals surface area contributed by atoms with E-state index in [-0.39, 0.29) is 30.2 Å². The maximum Gasteiger partial charge on any atom is 0.264 e. The number of hydrogen-bond acceptors (Lipinski definition) is 4. The Bertz CT molecular complexity index is 341. The van der Waals surface area contributed by atoms with Crippen molar-refractivity contribution < 1.29 is 17.8 Å². The second kappa shape index (κ2) is 8.44. The summed E-state index contributed by atoms with van der Waals surface area (Å²) in [5.74, 6) is -0.358. The highest BCUT2D eigenvalue weighted by Crippen LogP contribution is 1.98. The first-order chi connectivity index (χ1) is 8.26. The van der Waals surface area contributed by atoms with E-state index < -0.39 is 10.1 Å². The van der Waals surface area contributed by atoms with Gasteiger partial charge in [0.1, 0.15) is 0 Å². The number of amides is 1. The SMILES string of the molecule is CCC[C@@H](NCCCS(=O)(=O)O)C(=O)NC(C)C. The summed E-state index contributed by atoms with van der Waals surface area (Å²) in [4.78, 5) is 11.8. The van der Waals surface area contributed by atoms with E-state index in [1.54, 1.807) is 0 Å². The zero-order valence-corrected chi connectivity index (χ0v) is 12.1. The van der Waals surface area contributed by atoms with Gasteiger partial charge in [0.05, 0.1) is 11.8 Å². The van der Waals surface area contributed by atoms with Gasteiger partial charge in [0, 0.05) is 6.04 Å². The van der Waals surface area contributed by atoms with Gasteiger partial charge in [0.25, 0.3) is 10.1 Å². The van der Waals surface area contributed by atoms with Crippen molar-refractivity contribution in [2.75, 3.05) is 12.3 Å². The molecule has 0 rings (SSSR count). The van der Waals surface area contributed by atoms with E-state index >= 15 is 0 Å². The topological polar surface area (TPSA) is 95.5 Å². The molecule has 7 heteroatoms. The van der Waals surface area contributed by atoms with Crippen molar-refractivity contribution in [1.29, 1.82) is 0 Å². The van der Waals surface area contributed by atoms with E-state index in [1.807, 2.05) is 20.8 Å². The Balaban J connectivity index is 4.08. The molecule has 0 saturated carbocycles. The molecule has 1 amide bonds. The van der Waals surface area contributed by atoms with E-state index in [0.717, 1.165) is 6.42 Å². The summed E-state index contributed by atoms with van der Waals surface area (Å²) in [7, 11) is -3.91. The van der Waals surface area contributed by atoms with E-state index in [9.17, 15) is 13.2 Å². The second-order valence-electron chi connectivity index (χ2n) is 4.60. The molecule has 3 N–H and O–H groups in total. The molecule has 18 heavy (non-hydrogen) atoms. The summed E-state index contributed by atoms with van der Waals surface area (Å²) in [5, 5.41) is 5.83. The Morgan fingerprint density at radius 2 is 1.94 bits per heavy atom. The summed E-state index contributed by atoms with van der Waals surface area (Å²) in [6.45, 7) is 6.14. The molecule has 0 heterocycles. The van der Waals surface area contributed by atoms with Crippen molar-refractivity contribution in [2.45, 2.75) is 52.1 Å². The lowest BCUT2D eigenvalue weighted by Gasteiger charge is -2.19. The highest BCUT2D eigenvalue weighted by molar-refractivity contribution is 7.85. The van der Waals surface area contributed by atoms with Crippen molar-refractivity contribution in [3.63, 3.8) is 0 Å². The van der Waals surface area contributed by atoms with Gasteiger partial charge in [-0.3, -0.25) is 9.35 Å². The Morgan fingerprint density at radius 1 is 1.33 bits per heavy atom. The van der Waals surface area contributed by atoms with Crippen LogP contribution >= 0.6 is 0 Å². The van der Waals surface area contributed by atoms with Gasteiger partial charge in [0.2, 0.25) is 5.91 Å². The average molecular weight is 280 g/mol. The number of nitrogens with one attached hydrogen (secondary N) is 2. The summed E-state index contributed by atoms with van der Waals surface area (Å²) in [6, 6.07) is -0.227. The molecule has 0 aromatic rings. The minimum absolute atomic E-state index is 0.0706. The van der Waals surface area contributed by atoms with Gasteiger partial charge in [-0.15, -0.1) is 0 Å². The molecular formula is C11H24N2O4S. The molecule has 0 spiro atoms. The van der Waals surface area contributed by atoms with Crippen LogP contribution in [-0.2, 0) is 14.9 Å². The number of rotatable bonds is 9. The summed E-state index contributed by atoms with van der Waals surface area (Å²) in [5.41, 5.74) is 0. The predicted molar refractivity (Wildman–Crippen MR) is 71.0 cm³/mol. The van der Waals surface area contributed by atoms with Crippen LogP contribution in [0.3, 0.4) is 0 Å². The molecule has 0 aliphatic rings. The van der Waals surface area contributed by atoms with Crippen LogP contribution in [0.1, 0.15) is 40.0 Å². The molecule has 0 bridgehead atoms. The minimum atomic E-state index is -3.91. The lowest BCUT2D eigenvalue weighted by Crippen LogP contribution is -2.46. The van der Waals surface area contributed by atoms with Crippen LogP contribution in [0.4, 0.5) is 0 Å². The first kappa shape index (κ1) is 17.3. The third kappa shape index (κ3) is 9.38. The van der Waals surface area contributed by atoms with Gasteiger partial charge in [-0.05, 0) is 33.2 Å². The second-order valence-corrected chi connectivity index (χ2v) is 6.17. The molecular weight excluding hydrogens is 256 g/mol. The van der Waals surface area contributed by atoms with E-state index in [1.165, 1.54) is 0 Å². The fourth-order valence-electron chi connectivity index (χ4n) is 1.53. The van der Waals surface area contributed by atoms with E-state index in [2.05, 4.69) is 10.6 Å². The highest BCUT2D eigenvalue weighted by Gasteiger charge is 2.17. The van der Waals surface area contributed by atoms with Gasteiger partial charge >= 0.3 is 0 Å². The summed E-state index contributed by atoms with van der Waals surface area (Å²) < 4.78 is 29.6. The first-order valence-corrected chi connectivity index (χ1v) is 7.86. The molecule has 6 nitrogen and oxygen atoms in total. The molecule has 0 aliphatic carbocycles. The normalized spacial score (nSPS) is 13.6. The van der Waals surface area contributed by atoms with Crippen LogP contribution in [0.2, 0.25) is 0 Å². The zero-order valence-electron chi connectivity index (χ0n) is 11.3. The van der Waals surface area contributed by atoms with Gasteiger partial charge in [-0.2, -0.15) is 8.42 Å². The van der Waals surface area contributed by atoms with E-state index in [4.69, 9.17) is 4.55 Å². The smallest absolute Gasteiger partial charge is 0.264 e. The van der Waals surface area contributed by atoms with Gasteiger partial charge in [0.15, 0.2) is 0 Å². The summed E-state index contributed by atoms with van der Waals surface area (Å²) >= 11 is 0. The average Bonchev–Trinajstić information content (AvgIpc) is 2.20. The number of hydrogen-bond donors (Lipinski definition) is 3. The maximum absolute atomic E-state index is 11.8. The lowest BCUT2D eigenvalue weighted by atomic mass is 10.1. The lowest BCUT2D eigenvalue weighted by molar-refractivity contribution is -0.123. The Kier molecular flexibility index (Phi) is 8.13. The molecule has 0 fully saturated rings. The maximum atomic E-state index is 11.8. The molecule has 0 saturated heterocycles. The van der Waals surface area contributed by atoms with Crippen LogP contribution in [0.5, 0.6) is 0 Å². The first-order valence-electron chi connectivity index (χ1n) is 6.25. The Labute approximate surface area is 109 Å². The molecule has 0 radical (unpaired) electrons. The van der Waals surface area contributed by atoms with Crippen molar-refractivity contribution >= 4 is 16.0 Å². The molecule has 0 aromatic carbocycles. The van der Waals surface area contributed by atoms with Crippen molar-refractivity contribution in [3.05, 3.63) is 0 Å². The summed E-state index contributed by atoms with van der Waals surface area (Å²) in [6.07, 6.45) is 1.85. The highest BCUT2D eigenvalue weighted by atomic mass is 32.2. The minimum Gasteiger partial charge on any atom is -0.353 e. The zero-order chi connectivity index (χ0) is 14.2. The Hall–Kier alpha value is -0.660. The molecule has 0 aromatic heterocycles. The van der Waals surface area contributed by atoms with Crippen LogP contribution < -0.4 is 10.6 Å². The van der Waals surface area contributed by atoms with Gasteiger partial charge in [-0.1, -0.05) is 13.3 Å². The van der Waals surface area contributed by atoms with Gasteiger partial charge < -0.3 is 10.6 Å². The monoisotopic (exact) mass is 280 g/mol. The fraction of sp³-hybridized carbons (Fsp3) is 0.909. The van der Waals surface area contributed by atoms with Crippen LogP contribution in [0.15, 0.2) is 0 Å². The third-order valence-electron chi connectivity index (χ3n) is 2.29. The standard InChI is InChI=1S/C11H24N2O4S/c1-4-6-10(11(14)13-9(2)3)12-7-5-8-18(15,16)17/h9-10,12H,4-8H2,1-3H3,(H,13,14)(H,15,16,17)/t10-/m1/s1. The molecule has 1 atom stereocenters. The number of carbonyl (C=O) groups is 1. The molecule has 0 aliphatic heterocycles. The Morgan fingerprint density at radius 3 is 2.39 bits per heavy atom. The van der Waals surface area contributed by atoms with Crippen molar-refractivity contribution in [1.82, 2.24) is 10.6 Å². The van der Waals surface area contributed by atoms with Crippen LogP contribution in [0, 0.1) is 0 Å². The molecule has 108 valence electrons. The quantitative estimate of drug-likeness (QED) is 0.423. The third-order valence-corrected chi connectivity index (χ3v) is 3.10. The van der Waals surface area contributed by atoms with Crippen LogP contribution in [-0.4, -0.2) is 43.3 Å². The van der Waals surface area contributed by atoms with Crippen LogP contribution in [0.25, 0.3) is 0 Å². The predicted octanol–water partition coefficient (Wildman–Crippen LogP) is 0.547.